The lowest BCUT2D eigenvalue weighted by molar-refractivity contribution is 0.801. The number of benzene rings is 1. The minimum atomic E-state index is 0.616. The summed E-state index contributed by atoms with van der Waals surface area (Å²) in [5.41, 5.74) is 6.05. The molecular formula is C13H22N4. The zero-order valence-corrected chi connectivity index (χ0v) is 10.9. The molecule has 1 aromatic carbocycles. The molecule has 0 bridgehead atoms. The summed E-state index contributed by atoms with van der Waals surface area (Å²) in [6.45, 7) is 7.07. The van der Waals surface area contributed by atoms with E-state index in [-0.39, 0.29) is 0 Å². The van der Waals surface area contributed by atoms with Gasteiger partial charge in [0.15, 0.2) is 0 Å². The third-order valence-corrected chi connectivity index (χ3v) is 2.55. The van der Waals surface area contributed by atoms with E-state index in [4.69, 9.17) is 5.84 Å². The van der Waals surface area contributed by atoms with Gasteiger partial charge in [0.25, 0.3) is 0 Å². The zero-order valence-electron chi connectivity index (χ0n) is 10.9. The molecule has 0 aliphatic carbocycles. The highest BCUT2D eigenvalue weighted by molar-refractivity contribution is 5.93. The molecule has 94 valence electrons. The van der Waals surface area contributed by atoms with Crippen molar-refractivity contribution in [3.05, 3.63) is 29.3 Å². The van der Waals surface area contributed by atoms with Crippen molar-refractivity contribution in [3.8, 4) is 0 Å². The lowest BCUT2D eigenvalue weighted by Gasteiger charge is -2.12. The Morgan fingerprint density at radius 3 is 2.71 bits per heavy atom. The summed E-state index contributed by atoms with van der Waals surface area (Å²) >= 11 is 0. The van der Waals surface area contributed by atoms with Crippen molar-refractivity contribution < 1.29 is 0 Å². The van der Waals surface area contributed by atoms with E-state index < -0.39 is 0 Å². The number of nitrogens with one attached hydrogen (secondary N) is 2. The molecule has 0 aliphatic rings. The summed E-state index contributed by atoms with van der Waals surface area (Å²) in [5, 5.41) is 3.20. The molecule has 4 heteroatoms. The predicted octanol–water partition coefficient (Wildman–Crippen LogP) is 2.33. The number of guanidine groups is 1. The van der Waals surface area contributed by atoms with Crippen LogP contribution in [0.25, 0.3) is 0 Å². The summed E-state index contributed by atoms with van der Waals surface area (Å²) in [4.78, 5) is 4.36. The first-order valence-corrected chi connectivity index (χ1v) is 6.02. The molecule has 1 rings (SSSR count). The van der Waals surface area contributed by atoms with Crippen molar-refractivity contribution >= 4 is 11.6 Å². The lowest BCUT2D eigenvalue weighted by atomic mass is 10.1. The molecular weight excluding hydrogens is 212 g/mol. The fraction of sp³-hybridized carbons (Fsp3) is 0.462. The van der Waals surface area contributed by atoms with Gasteiger partial charge in [-0.05, 0) is 31.9 Å². The van der Waals surface area contributed by atoms with Crippen LogP contribution < -0.4 is 16.6 Å². The first kappa shape index (κ1) is 13.5. The highest BCUT2D eigenvalue weighted by Gasteiger charge is 2.01. The quantitative estimate of drug-likeness (QED) is 0.246. The van der Waals surface area contributed by atoms with E-state index >= 15 is 0 Å². The number of nitrogens with two attached hydrogens (primary N) is 1. The molecule has 0 spiro atoms. The average Bonchev–Trinajstić information content (AvgIpc) is 2.31. The third-order valence-electron chi connectivity index (χ3n) is 2.55. The number of nitrogens with zero attached hydrogens (tertiary/aromatic N) is 1. The highest BCUT2D eigenvalue weighted by atomic mass is 15.3. The van der Waals surface area contributed by atoms with Gasteiger partial charge in [0.2, 0.25) is 5.96 Å². The second-order valence-corrected chi connectivity index (χ2v) is 4.17. The summed E-state index contributed by atoms with van der Waals surface area (Å²) in [7, 11) is 0. The number of unbranched alkanes of at least 4 members (excludes halogenated alkanes) is 1. The standard InChI is InChI=1S/C13H22N4/c1-4-5-8-15-13(17-14)16-12-7-6-10(2)9-11(12)3/h6-7,9H,4-5,8,14H2,1-3H3,(H2,15,16,17). The lowest BCUT2D eigenvalue weighted by Crippen LogP contribution is -2.36. The third kappa shape index (κ3) is 4.44. The predicted molar refractivity (Wildman–Crippen MR) is 74.1 cm³/mol. The van der Waals surface area contributed by atoms with Crippen LogP contribution in [0.3, 0.4) is 0 Å². The largest absolute Gasteiger partial charge is 0.325 e. The van der Waals surface area contributed by atoms with Crippen molar-refractivity contribution in [3.63, 3.8) is 0 Å². The van der Waals surface area contributed by atoms with E-state index in [2.05, 4.69) is 48.6 Å². The van der Waals surface area contributed by atoms with E-state index in [0.717, 1.165) is 25.1 Å². The van der Waals surface area contributed by atoms with Gasteiger partial charge in [0.1, 0.15) is 0 Å². The Hall–Kier alpha value is -1.55. The smallest absolute Gasteiger partial charge is 0.210 e. The SMILES string of the molecule is CCCCN=C(NN)Nc1ccc(C)cc1C. The van der Waals surface area contributed by atoms with E-state index in [1.54, 1.807) is 0 Å². The summed E-state index contributed by atoms with van der Waals surface area (Å²) in [6.07, 6.45) is 2.20. The minimum absolute atomic E-state index is 0.616. The van der Waals surface area contributed by atoms with Gasteiger partial charge in [-0.3, -0.25) is 10.4 Å². The second-order valence-electron chi connectivity index (χ2n) is 4.17. The Balaban J connectivity index is 2.70. The van der Waals surface area contributed by atoms with Crippen molar-refractivity contribution in [2.24, 2.45) is 10.8 Å². The molecule has 17 heavy (non-hydrogen) atoms. The van der Waals surface area contributed by atoms with Gasteiger partial charge < -0.3 is 5.32 Å². The molecule has 0 aromatic heterocycles. The maximum Gasteiger partial charge on any atom is 0.210 e. The maximum absolute atomic E-state index is 5.44. The molecule has 1 aromatic rings. The van der Waals surface area contributed by atoms with E-state index in [9.17, 15) is 0 Å². The highest BCUT2D eigenvalue weighted by Crippen LogP contribution is 2.15. The van der Waals surface area contributed by atoms with Crippen molar-refractivity contribution in [2.45, 2.75) is 33.6 Å². The zero-order chi connectivity index (χ0) is 12.7. The minimum Gasteiger partial charge on any atom is -0.325 e. The number of aliphatic imine (C=N–C) groups is 1. The number of hydrogen-bond donors (Lipinski definition) is 3. The van der Waals surface area contributed by atoms with Gasteiger partial charge in [0.05, 0.1) is 0 Å². The van der Waals surface area contributed by atoms with Gasteiger partial charge in [-0.15, -0.1) is 0 Å². The number of aryl methyl sites for hydroxylation is 2. The fourth-order valence-corrected chi connectivity index (χ4v) is 1.55. The average molecular weight is 234 g/mol. The molecule has 0 radical (unpaired) electrons. The van der Waals surface area contributed by atoms with Crippen LogP contribution in [-0.2, 0) is 0 Å². The Bertz CT molecular complexity index is 385. The molecule has 4 N–H and O–H groups in total. The van der Waals surface area contributed by atoms with Crippen LogP contribution in [0.2, 0.25) is 0 Å². The summed E-state index contributed by atoms with van der Waals surface area (Å²) in [6, 6.07) is 6.23. The van der Waals surface area contributed by atoms with E-state index in [1.807, 2.05) is 6.07 Å². The van der Waals surface area contributed by atoms with Crippen molar-refractivity contribution in [1.82, 2.24) is 5.43 Å². The van der Waals surface area contributed by atoms with Crippen LogP contribution in [0.15, 0.2) is 23.2 Å². The molecule has 0 aliphatic heterocycles. The molecule has 0 saturated heterocycles. The monoisotopic (exact) mass is 234 g/mol. The van der Waals surface area contributed by atoms with Crippen LogP contribution in [-0.4, -0.2) is 12.5 Å². The molecule has 0 unspecified atom stereocenters. The van der Waals surface area contributed by atoms with Gasteiger partial charge in [-0.2, -0.15) is 0 Å². The van der Waals surface area contributed by atoms with Gasteiger partial charge >= 0.3 is 0 Å². The molecule has 4 nitrogen and oxygen atoms in total. The maximum atomic E-state index is 5.44. The number of hydrogen-bond acceptors (Lipinski definition) is 2. The second kappa shape index (κ2) is 6.91. The van der Waals surface area contributed by atoms with Crippen molar-refractivity contribution in [2.75, 3.05) is 11.9 Å². The normalized spacial score (nSPS) is 11.4. The molecule has 0 atom stereocenters. The number of rotatable bonds is 4. The van der Waals surface area contributed by atoms with Crippen LogP contribution in [0, 0.1) is 13.8 Å². The summed E-state index contributed by atoms with van der Waals surface area (Å²) in [5.74, 6) is 6.06. The van der Waals surface area contributed by atoms with Crippen LogP contribution >= 0.6 is 0 Å². The van der Waals surface area contributed by atoms with Gasteiger partial charge in [-0.25, -0.2) is 5.84 Å². The molecule has 0 saturated carbocycles. The Labute approximate surface area is 103 Å². The van der Waals surface area contributed by atoms with Crippen molar-refractivity contribution in [1.29, 1.82) is 0 Å². The van der Waals surface area contributed by atoms with Crippen LogP contribution in [0.5, 0.6) is 0 Å². The fourth-order valence-electron chi connectivity index (χ4n) is 1.55. The first-order chi connectivity index (χ1) is 8.17. The summed E-state index contributed by atoms with van der Waals surface area (Å²) < 4.78 is 0. The molecule has 0 amide bonds. The number of hydrazine groups is 1. The van der Waals surface area contributed by atoms with E-state index in [1.165, 1.54) is 11.1 Å². The van der Waals surface area contributed by atoms with Gasteiger partial charge in [-0.1, -0.05) is 31.0 Å². The van der Waals surface area contributed by atoms with Crippen LogP contribution in [0.1, 0.15) is 30.9 Å². The van der Waals surface area contributed by atoms with Crippen LogP contribution in [0.4, 0.5) is 5.69 Å². The Kier molecular flexibility index (Phi) is 5.49. The van der Waals surface area contributed by atoms with Gasteiger partial charge in [0, 0.05) is 12.2 Å². The Morgan fingerprint density at radius 2 is 2.12 bits per heavy atom. The molecule has 0 heterocycles. The number of anilines is 1. The Morgan fingerprint density at radius 1 is 1.35 bits per heavy atom. The molecule has 0 fully saturated rings. The van der Waals surface area contributed by atoms with E-state index in [0.29, 0.717) is 5.96 Å². The topological polar surface area (TPSA) is 62.4 Å². The first-order valence-electron chi connectivity index (χ1n) is 6.02.